The van der Waals surface area contributed by atoms with Crippen molar-refractivity contribution in [3.8, 4) is 17.9 Å². The van der Waals surface area contributed by atoms with Crippen LogP contribution in [0.1, 0.15) is 110 Å². The molecule has 0 unspecified atom stereocenters. The van der Waals surface area contributed by atoms with Gasteiger partial charge in [-0.25, -0.2) is 0 Å². The Morgan fingerprint density at radius 1 is 0.448 bits per heavy atom. The summed E-state index contributed by atoms with van der Waals surface area (Å²) in [7, 11) is 0. The lowest BCUT2D eigenvalue weighted by Crippen LogP contribution is -2.29. The highest BCUT2D eigenvalue weighted by molar-refractivity contribution is 5.10. The van der Waals surface area contributed by atoms with E-state index < -0.39 is 0 Å². The van der Waals surface area contributed by atoms with Crippen LogP contribution in [0, 0.1) is 70.5 Å². The van der Waals surface area contributed by atoms with Crippen LogP contribution in [0.25, 0.3) is 0 Å². The minimum atomic E-state index is 0.306. The van der Waals surface area contributed by atoms with Crippen LogP contribution in [-0.4, -0.2) is 0 Å². The molecule has 4 fully saturated rings. The lowest BCUT2D eigenvalue weighted by molar-refractivity contribution is 0.111. The third-order valence-corrected chi connectivity index (χ3v) is 9.38. The summed E-state index contributed by atoms with van der Waals surface area (Å²) in [6.07, 6.45) is 22.2. The van der Waals surface area contributed by atoms with Gasteiger partial charge in [0, 0.05) is 17.8 Å². The molecule has 4 saturated carbocycles. The SMILES string of the molecule is CC1CCC(C2CCC(C3CCC(C#CC4CCC(C#N)CC4)CC3)CC2)CC1. The molecule has 0 saturated heterocycles. The van der Waals surface area contributed by atoms with E-state index in [-0.39, 0.29) is 0 Å². The molecule has 29 heavy (non-hydrogen) atoms. The molecule has 0 aromatic heterocycles. The van der Waals surface area contributed by atoms with Gasteiger partial charge >= 0.3 is 0 Å². The second-order valence-electron chi connectivity index (χ2n) is 11.3. The topological polar surface area (TPSA) is 23.8 Å². The monoisotopic (exact) mass is 393 g/mol. The number of nitriles is 1. The Kier molecular flexibility index (Phi) is 7.62. The largest absolute Gasteiger partial charge is 0.198 e. The van der Waals surface area contributed by atoms with Gasteiger partial charge in [-0.05, 0) is 119 Å². The molecule has 0 aromatic rings. The minimum absolute atomic E-state index is 0.306. The summed E-state index contributed by atoms with van der Waals surface area (Å²) in [5.74, 6) is 14.0. The van der Waals surface area contributed by atoms with E-state index in [4.69, 9.17) is 5.26 Å². The number of rotatable bonds is 2. The Balaban J connectivity index is 1.16. The van der Waals surface area contributed by atoms with Crippen molar-refractivity contribution < 1.29 is 0 Å². The molecule has 0 aliphatic heterocycles. The smallest absolute Gasteiger partial charge is 0.0655 e. The van der Waals surface area contributed by atoms with Crippen molar-refractivity contribution in [3.05, 3.63) is 0 Å². The standard InChI is InChI=1S/C28H43N/c1-21-2-12-25(13-3-21)27-16-18-28(19-17-27)26-14-10-23(11-15-26)5-4-22-6-8-24(20-29)9-7-22/h21-28H,2-3,6-19H2,1H3. The van der Waals surface area contributed by atoms with Gasteiger partial charge in [0.2, 0.25) is 0 Å². The molecule has 0 amide bonds. The molecule has 0 aromatic carbocycles. The quantitative estimate of drug-likeness (QED) is 0.440. The van der Waals surface area contributed by atoms with Gasteiger partial charge in [0.1, 0.15) is 0 Å². The number of nitrogens with zero attached hydrogens (tertiary/aromatic N) is 1. The minimum Gasteiger partial charge on any atom is -0.198 e. The Labute approximate surface area is 180 Å². The summed E-state index contributed by atoms with van der Waals surface area (Å²) in [6.45, 7) is 2.45. The van der Waals surface area contributed by atoms with Crippen molar-refractivity contribution in [2.75, 3.05) is 0 Å². The van der Waals surface area contributed by atoms with E-state index >= 15 is 0 Å². The van der Waals surface area contributed by atoms with E-state index in [9.17, 15) is 0 Å². The summed E-state index contributed by atoms with van der Waals surface area (Å²) >= 11 is 0. The predicted octanol–water partition coefficient (Wildman–Crippen LogP) is 7.76. The first-order valence-electron chi connectivity index (χ1n) is 13.1. The molecule has 0 N–H and O–H groups in total. The summed E-state index contributed by atoms with van der Waals surface area (Å²) in [5, 5.41) is 9.05. The van der Waals surface area contributed by atoms with E-state index in [0.29, 0.717) is 17.8 Å². The zero-order chi connectivity index (χ0) is 20.1. The van der Waals surface area contributed by atoms with Crippen LogP contribution in [0.3, 0.4) is 0 Å². The van der Waals surface area contributed by atoms with Gasteiger partial charge in [-0.3, -0.25) is 0 Å². The zero-order valence-electron chi connectivity index (χ0n) is 18.9. The molecule has 0 atom stereocenters. The first-order valence-corrected chi connectivity index (χ1v) is 13.1. The molecule has 4 rings (SSSR count). The van der Waals surface area contributed by atoms with E-state index in [2.05, 4.69) is 24.8 Å². The highest BCUT2D eigenvalue weighted by Gasteiger charge is 2.34. The van der Waals surface area contributed by atoms with Gasteiger partial charge < -0.3 is 0 Å². The maximum absolute atomic E-state index is 9.05. The Hall–Kier alpha value is -0.950. The maximum Gasteiger partial charge on any atom is 0.0655 e. The fourth-order valence-electron chi connectivity index (χ4n) is 7.18. The molecule has 4 aliphatic rings. The summed E-state index contributed by atoms with van der Waals surface area (Å²) in [6, 6.07) is 2.44. The van der Waals surface area contributed by atoms with E-state index in [1.807, 2.05) is 0 Å². The molecule has 160 valence electrons. The molecular formula is C28H43N. The normalized spacial score (nSPS) is 43.6. The summed E-state index contributed by atoms with van der Waals surface area (Å²) < 4.78 is 0. The molecular weight excluding hydrogens is 350 g/mol. The van der Waals surface area contributed by atoms with E-state index in [1.165, 1.54) is 77.0 Å². The highest BCUT2D eigenvalue weighted by Crippen LogP contribution is 2.45. The Morgan fingerprint density at radius 3 is 1.17 bits per heavy atom. The van der Waals surface area contributed by atoms with Crippen LogP contribution >= 0.6 is 0 Å². The van der Waals surface area contributed by atoms with Crippen LogP contribution in [0.4, 0.5) is 0 Å². The van der Waals surface area contributed by atoms with Crippen LogP contribution < -0.4 is 0 Å². The van der Waals surface area contributed by atoms with Crippen molar-refractivity contribution in [3.63, 3.8) is 0 Å². The van der Waals surface area contributed by atoms with Crippen molar-refractivity contribution in [1.29, 1.82) is 5.26 Å². The lowest BCUT2D eigenvalue weighted by atomic mass is 9.65. The van der Waals surface area contributed by atoms with Gasteiger partial charge in [-0.2, -0.15) is 5.26 Å². The lowest BCUT2D eigenvalue weighted by Gasteiger charge is -2.40. The van der Waals surface area contributed by atoms with Crippen molar-refractivity contribution >= 4 is 0 Å². The van der Waals surface area contributed by atoms with Crippen LogP contribution in [-0.2, 0) is 0 Å². The summed E-state index contributed by atoms with van der Waals surface area (Å²) in [5.41, 5.74) is 0. The molecule has 1 heteroatoms. The predicted molar refractivity (Wildman–Crippen MR) is 121 cm³/mol. The second-order valence-corrected chi connectivity index (χ2v) is 11.3. The first-order chi connectivity index (χ1) is 14.2. The zero-order valence-corrected chi connectivity index (χ0v) is 18.9. The van der Waals surface area contributed by atoms with Crippen molar-refractivity contribution in [2.24, 2.45) is 47.3 Å². The van der Waals surface area contributed by atoms with Gasteiger partial charge in [0.15, 0.2) is 0 Å². The average molecular weight is 394 g/mol. The van der Waals surface area contributed by atoms with Crippen molar-refractivity contribution in [2.45, 2.75) is 110 Å². The number of hydrogen-bond acceptors (Lipinski definition) is 1. The maximum atomic E-state index is 9.05. The van der Waals surface area contributed by atoms with Gasteiger partial charge in [-0.1, -0.05) is 31.6 Å². The third-order valence-electron chi connectivity index (χ3n) is 9.38. The van der Waals surface area contributed by atoms with Gasteiger partial charge in [0.25, 0.3) is 0 Å². The molecule has 0 heterocycles. The molecule has 0 bridgehead atoms. The molecule has 0 radical (unpaired) electrons. The Bertz CT molecular complexity index is 586. The third kappa shape index (κ3) is 5.81. The molecule has 0 spiro atoms. The fourth-order valence-corrected chi connectivity index (χ4v) is 7.18. The average Bonchev–Trinajstić information content (AvgIpc) is 2.79. The fraction of sp³-hybridized carbons (Fsp3) is 0.893. The highest BCUT2D eigenvalue weighted by atomic mass is 14.4. The molecule has 1 nitrogen and oxygen atoms in total. The van der Waals surface area contributed by atoms with Gasteiger partial charge in [0.05, 0.1) is 6.07 Å². The van der Waals surface area contributed by atoms with Gasteiger partial charge in [-0.15, -0.1) is 0 Å². The van der Waals surface area contributed by atoms with Crippen LogP contribution in [0.15, 0.2) is 0 Å². The van der Waals surface area contributed by atoms with E-state index in [0.717, 1.165) is 55.3 Å². The van der Waals surface area contributed by atoms with E-state index in [1.54, 1.807) is 0 Å². The van der Waals surface area contributed by atoms with Crippen molar-refractivity contribution in [1.82, 2.24) is 0 Å². The second kappa shape index (κ2) is 10.4. The van der Waals surface area contributed by atoms with Crippen LogP contribution in [0.5, 0.6) is 0 Å². The summed E-state index contributed by atoms with van der Waals surface area (Å²) in [4.78, 5) is 0. The first kappa shape index (κ1) is 21.3. The van der Waals surface area contributed by atoms with Crippen LogP contribution in [0.2, 0.25) is 0 Å². The Morgan fingerprint density at radius 2 is 0.759 bits per heavy atom. The number of hydrogen-bond donors (Lipinski definition) is 0. The molecule has 4 aliphatic carbocycles.